The zero-order chi connectivity index (χ0) is 27.0. The van der Waals surface area contributed by atoms with E-state index in [1.807, 2.05) is 13.0 Å². The molecule has 1 aliphatic rings. The number of aromatic nitrogens is 3. The number of aryl methyl sites for hydroxylation is 1. The van der Waals surface area contributed by atoms with Crippen LogP contribution in [0.1, 0.15) is 21.7 Å². The molecule has 0 N–H and O–H groups in total. The third kappa shape index (κ3) is 4.70. The third-order valence-corrected chi connectivity index (χ3v) is 6.30. The number of hydrogen-bond donors (Lipinski definition) is 0. The summed E-state index contributed by atoms with van der Waals surface area (Å²) in [6, 6.07) is 5.81. The Kier molecular flexibility index (Phi) is 6.81. The zero-order valence-corrected chi connectivity index (χ0v) is 20.9. The van der Waals surface area contributed by atoms with Gasteiger partial charge < -0.3 is 27.9 Å². The highest BCUT2D eigenvalue weighted by atomic mass is 19.1. The van der Waals surface area contributed by atoms with Crippen molar-refractivity contribution in [3.63, 3.8) is 0 Å². The first-order valence-corrected chi connectivity index (χ1v) is 11.7. The smallest absolute Gasteiger partial charge is 0.409 e. The van der Waals surface area contributed by atoms with E-state index in [0.29, 0.717) is 24.5 Å². The molecular weight excluding hydrogens is 502 g/mol. The van der Waals surface area contributed by atoms with Crippen molar-refractivity contribution in [1.82, 2.24) is 19.3 Å². The van der Waals surface area contributed by atoms with Crippen LogP contribution >= 0.6 is 0 Å². The number of halogens is 2. The van der Waals surface area contributed by atoms with Gasteiger partial charge in [0.15, 0.2) is 5.69 Å². The number of hydrogen-bond acceptors (Lipinski definition) is 8. The van der Waals surface area contributed by atoms with Crippen molar-refractivity contribution in [3.8, 4) is 22.7 Å². The molecule has 12 heteroatoms. The van der Waals surface area contributed by atoms with Crippen molar-refractivity contribution in [3.05, 3.63) is 65.3 Å². The first-order valence-electron chi connectivity index (χ1n) is 11.7. The number of amides is 1. The molecule has 1 amide bonds. The summed E-state index contributed by atoms with van der Waals surface area (Å²) in [5, 5.41) is 0. The average molecular weight is 526 g/mol. The Morgan fingerprint density at radius 2 is 1.89 bits per heavy atom. The number of morpholine rings is 1. The second-order valence-corrected chi connectivity index (χ2v) is 8.80. The van der Waals surface area contributed by atoms with Gasteiger partial charge in [-0.05, 0) is 36.8 Å². The van der Waals surface area contributed by atoms with Crippen LogP contribution in [0.25, 0.3) is 28.4 Å². The number of ether oxygens (including phenoxy) is 3. The van der Waals surface area contributed by atoms with Crippen LogP contribution in [-0.2, 0) is 20.6 Å². The van der Waals surface area contributed by atoms with E-state index in [2.05, 4.69) is 14.7 Å². The van der Waals surface area contributed by atoms with E-state index in [-0.39, 0.29) is 41.4 Å². The van der Waals surface area contributed by atoms with E-state index >= 15 is 8.78 Å². The fraction of sp³-hybridized carbons (Fsp3) is 0.308. The van der Waals surface area contributed by atoms with Gasteiger partial charge in [0.05, 0.1) is 50.4 Å². The van der Waals surface area contributed by atoms with Gasteiger partial charge in [-0.2, -0.15) is 0 Å². The molecule has 5 rings (SSSR count). The van der Waals surface area contributed by atoms with Crippen LogP contribution in [0.2, 0.25) is 0 Å². The second-order valence-electron chi connectivity index (χ2n) is 8.80. The SMILES string of the molecule is COC(=O)c1coc(-c2cc(F)c(-c3nc4cc(C)ccn4c3C[C@H]3CN(C(=O)OC)CCO3)c(F)c2)n1. The van der Waals surface area contributed by atoms with Gasteiger partial charge in [0, 0.05) is 24.7 Å². The number of benzene rings is 1. The van der Waals surface area contributed by atoms with E-state index in [1.54, 1.807) is 16.7 Å². The van der Waals surface area contributed by atoms with Gasteiger partial charge >= 0.3 is 12.1 Å². The Bertz CT molecular complexity index is 1510. The van der Waals surface area contributed by atoms with Gasteiger partial charge in [-0.1, -0.05) is 0 Å². The normalized spacial score (nSPS) is 15.6. The Balaban J connectivity index is 1.55. The van der Waals surface area contributed by atoms with Crippen molar-refractivity contribution in [2.75, 3.05) is 33.9 Å². The lowest BCUT2D eigenvalue weighted by atomic mass is 10.0. The molecule has 0 bridgehead atoms. The minimum absolute atomic E-state index is 0.00407. The summed E-state index contributed by atoms with van der Waals surface area (Å²) in [5.41, 5.74) is 1.61. The minimum atomic E-state index is -0.889. The Hall–Kier alpha value is -4.32. The number of esters is 1. The van der Waals surface area contributed by atoms with Gasteiger partial charge in [-0.25, -0.2) is 28.3 Å². The Morgan fingerprint density at radius 3 is 2.61 bits per heavy atom. The number of nitrogens with zero attached hydrogens (tertiary/aromatic N) is 4. The molecule has 0 unspecified atom stereocenters. The summed E-state index contributed by atoms with van der Waals surface area (Å²) in [6.07, 6.45) is 2.15. The molecule has 0 spiro atoms. The predicted molar refractivity (Wildman–Crippen MR) is 130 cm³/mol. The Morgan fingerprint density at radius 1 is 1.13 bits per heavy atom. The molecule has 3 aromatic heterocycles. The molecule has 1 aromatic carbocycles. The number of rotatable bonds is 5. The van der Waals surface area contributed by atoms with Crippen LogP contribution in [0, 0.1) is 18.6 Å². The summed E-state index contributed by atoms with van der Waals surface area (Å²) in [7, 11) is 2.49. The number of oxazole rings is 1. The summed E-state index contributed by atoms with van der Waals surface area (Å²) >= 11 is 0. The zero-order valence-electron chi connectivity index (χ0n) is 20.9. The molecular formula is C26H24F2N4O6. The summed E-state index contributed by atoms with van der Waals surface area (Å²) in [5.74, 6) is -2.66. The fourth-order valence-electron chi connectivity index (χ4n) is 4.47. The molecule has 4 aromatic rings. The number of carbonyl (C=O) groups is 2. The monoisotopic (exact) mass is 526 g/mol. The summed E-state index contributed by atoms with van der Waals surface area (Å²) in [4.78, 5) is 33.8. The number of imidazole rings is 1. The second kappa shape index (κ2) is 10.2. The van der Waals surface area contributed by atoms with Gasteiger partial charge in [0.2, 0.25) is 5.89 Å². The molecule has 1 fully saturated rings. The van der Waals surface area contributed by atoms with E-state index in [4.69, 9.17) is 13.9 Å². The minimum Gasteiger partial charge on any atom is -0.464 e. The lowest BCUT2D eigenvalue weighted by Gasteiger charge is -2.32. The van der Waals surface area contributed by atoms with Crippen molar-refractivity contribution in [2.24, 2.45) is 0 Å². The predicted octanol–water partition coefficient (Wildman–Crippen LogP) is 4.04. The van der Waals surface area contributed by atoms with Crippen molar-refractivity contribution in [1.29, 1.82) is 0 Å². The molecule has 0 radical (unpaired) electrons. The molecule has 4 heterocycles. The van der Waals surface area contributed by atoms with E-state index in [0.717, 1.165) is 24.0 Å². The van der Waals surface area contributed by atoms with E-state index < -0.39 is 29.8 Å². The summed E-state index contributed by atoms with van der Waals surface area (Å²) < 4.78 is 53.4. The largest absolute Gasteiger partial charge is 0.464 e. The Labute approximate surface area is 215 Å². The van der Waals surface area contributed by atoms with Crippen molar-refractivity contribution < 1.29 is 37.0 Å². The molecule has 1 saturated heterocycles. The highest BCUT2D eigenvalue weighted by Crippen LogP contribution is 2.34. The molecule has 10 nitrogen and oxygen atoms in total. The average Bonchev–Trinajstić information content (AvgIpc) is 3.53. The maximum absolute atomic E-state index is 15.5. The van der Waals surface area contributed by atoms with E-state index in [9.17, 15) is 9.59 Å². The maximum atomic E-state index is 15.5. The highest BCUT2D eigenvalue weighted by Gasteiger charge is 2.29. The quantitative estimate of drug-likeness (QED) is 0.359. The molecule has 198 valence electrons. The maximum Gasteiger partial charge on any atom is 0.409 e. The van der Waals surface area contributed by atoms with Gasteiger partial charge in [0.25, 0.3) is 0 Å². The first kappa shape index (κ1) is 25.3. The molecule has 1 aliphatic heterocycles. The molecule has 38 heavy (non-hydrogen) atoms. The molecule has 1 atom stereocenters. The van der Waals surface area contributed by atoms with Gasteiger partial charge in [-0.15, -0.1) is 0 Å². The van der Waals surface area contributed by atoms with Crippen LogP contribution in [0.5, 0.6) is 0 Å². The lowest BCUT2D eigenvalue weighted by Crippen LogP contribution is -2.46. The van der Waals surface area contributed by atoms with Crippen LogP contribution in [0.4, 0.5) is 13.6 Å². The van der Waals surface area contributed by atoms with E-state index in [1.165, 1.54) is 19.1 Å². The molecule has 0 saturated carbocycles. The first-order chi connectivity index (χ1) is 18.3. The van der Waals surface area contributed by atoms with Crippen molar-refractivity contribution in [2.45, 2.75) is 19.4 Å². The van der Waals surface area contributed by atoms with Gasteiger partial charge in [-0.3, -0.25) is 0 Å². The fourth-order valence-corrected chi connectivity index (χ4v) is 4.47. The topological polar surface area (TPSA) is 108 Å². The number of pyridine rings is 1. The van der Waals surface area contributed by atoms with Gasteiger partial charge in [0.1, 0.15) is 23.5 Å². The summed E-state index contributed by atoms with van der Waals surface area (Å²) in [6.45, 7) is 2.82. The van der Waals surface area contributed by atoms with Crippen molar-refractivity contribution >= 4 is 17.7 Å². The van der Waals surface area contributed by atoms with Crippen LogP contribution in [0.15, 0.2) is 41.1 Å². The number of carbonyl (C=O) groups excluding carboxylic acids is 2. The number of fused-ring (bicyclic) bond motifs is 1. The lowest BCUT2D eigenvalue weighted by molar-refractivity contribution is -0.0241. The molecule has 0 aliphatic carbocycles. The highest BCUT2D eigenvalue weighted by molar-refractivity contribution is 5.87. The standard InChI is InChI=1S/C26H24F2N4O6/c1-14-4-5-32-20(11-16-12-31(6-7-37-16)26(34)36-3)23(30-21(32)8-14)22-17(27)9-15(10-18(22)28)24-29-19(13-38-24)25(33)35-2/h4-5,8-10,13,16H,6-7,11-12H2,1-3H3/t16-/m0/s1. The van der Waals surface area contributed by atoms with Crippen LogP contribution in [-0.4, -0.2) is 71.4 Å². The van der Waals surface area contributed by atoms with Crippen LogP contribution < -0.4 is 0 Å². The third-order valence-electron chi connectivity index (χ3n) is 6.30. The number of methoxy groups -OCH3 is 2. The van der Waals surface area contributed by atoms with Crippen LogP contribution in [0.3, 0.4) is 0 Å².